The molecular weight excluding hydrogens is 345 g/mol. The minimum Gasteiger partial charge on any atom is -0.368 e. The Morgan fingerprint density at radius 2 is 1.59 bits per heavy atom. The summed E-state index contributed by atoms with van der Waals surface area (Å²) in [4.78, 5) is 29.9. The third-order valence-corrected chi connectivity index (χ3v) is 4.83. The van der Waals surface area contributed by atoms with Crippen molar-refractivity contribution in [2.45, 2.75) is 13.3 Å². The smallest absolute Gasteiger partial charge is 0.224 e. The van der Waals surface area contributed by atoms with Gasteiger partial charge >= 0.3 is 0 Å². The second-order valence-corrected chi connectivity index (χ2v) is 6.58. The number of carbonyl (C=O) groups is 2. The van der Waals surface area contributed by atoms with Gasteiger partial charge in [-0.1, -0.05) is 30.3 Å². The Labute approximate surface area is 159 Å². The molecular formula is C21H24FN3O2. The summed E-state index contributed by atoms with van der Waals surface area (Å²) in [7, 11) is 0. The van der Waals surface area contributed by atoms with E-state index in [1.807, 2.05) is 23.1 Å². The molecule has 0 bridgehead atoms. The summed E-state index contributed by atoms with van der Waals surface area (Å²) >= 11 is 0. The van der Waals surface area contributed by atoms with Crippen LogP contribution in [0.1, 0.15) is 13.3 Å². The molecule has 2 aromatic carbocycles. The van der Waals surface area contributed by atoms with Gasteiger partial charge in [-0.05, 0) is 24.3 Å². The van der Waals surface area contributed by atoms with E-state index in [0.717, 1.165) is 18.8 Å². The fourth-order valence-electron chi connectivity index (χ4n) is 3.34. The molecule has 6 heteroatoms. The average Bonchev–Trinajstić information content (AvgIpc) is 2.70. The molecule has 0 atom stereocenters. The first-order valence-electron chi connectivity index (χ1n) is 9.16. The molecule has 0 N–H and O–H groups in total. The van der Waals surface area contributed by atoms with Crippen LogP contribution in [0.2, 0.25) is 0 Å². The van der Waals surface area contributed by atoms with Gasteiger partial charge in [0.2, 0.25) is 11.8 Å². The Hall–Kier alpha value is -2.89. The molecule has 142 valence electrons. The Morgan fingerprint density at radius 1 is 0.963 bits per heavy atom. The van der Waals surface area contributed by atoms with Gasteiger partial charge in [-0.3, -0.25) is 9.59 Å². The first-order chi connectivity index (χ1) is 13.1. The molecule has 2 aromatic rings. The van der Waals surface area contributed by atoms with Crippen molar-refractivity contribution >= 4 is 23.2 Å². The standard InChI is InChI=1S/C21H24FN3O2/c1-17(26)25(20-10-6-5-9-19(20)22)12-11-21(27)24-15-13-23(14-16-24)18-7-3-2-4-8-18/h2-10H,11-16H2,1H3. The van der Waals surface area contributed by atoms with E-state index in [0.29, 0.717) is 13.1 Å². The fraction of sp³-hybridized carbons (Fsp3) is 0.333. The zero-order valence-corrected chi connectivity index (χ0v) is 15.5. The lowest BCUT2D eigenvalue weighted by atomic mass is 10.2. The molecule has 1 aliphatic rings. The van der Waals surface area contributed by atoms with Gasteiger partial charge in [0.1, 0.15) is 5.82 Å². The second-order valence-electron chi connectivity index (χ2n) is 6.58. The molecule has 0 spiro atoms. The molecule has 27 heavy (non-hydrogen) atoms. The summed E-state index contributed by atoms with van der Waals surface area (Å²) in [5.41, 5.74) is 1.37. The maximum Gasteiger partial charge on any atom is 0.224 e. The summed E-state index contributed by atoms with van der Waals surface area (Å²) in [5.74, 6) is -0.747. The van der Waals surface area contributed by atoms with Crippen molar-refractivity contribution in [2.75, 3.05) is 42.5 Å². The van der Waals surface area contributed by atoms with Gasteiger partial charge < -0.3 is 14.7 Å². The van der Waals surface area contributed by atoms with Gasteiger partial charge in [-0.15, -0.1) is 0 Å². The number of halogens is 1. The van der Waals surface area contributed by atoms with Crippen molar-refractivity contribution in [3.63, 3.8) is 0 Å². The monoisotopic (exact) mass is 369 g/mol. The number of amides is 2. The van der Waals surface area contributed by atoms with E-state index in [1.54, 1.807) is 18.2 Å². The highest BCUT2D eigenvalue weighted by molar-refractivity contribution is 5.92. The zero-order valence-electron chi connectivity index (χ0n) is 15.5. The molecule has 0 aromatic heterocycles. The van der Waals surface area contributed by atoms with Crippen LogP contribution in [0.15, 0.2) is 54.6 Å². The molecule has 1 fully saturated rings. The quantitative estimate of drug-likeness (QED) is 0.814. The highest BCUT2D eigenvalue weighted by Crippen LogP contribution is 2.20. The summed E-state index contributed by atoms with van der Waals surface area (Å²) in [5, 5.41) is 0. The van der Waals surface area contributed by atoms with Crippen LogP contribution in [0.4, 0.5) is 15.8 Å². The number of piperazine rings is 1. The molecule has 0 aliphatic carbocycles. The number of rotatable bonds is 5. The fourth-order valence-corrected chi connectivity index (χ4v) is 3.34. The second kappa shape index (κ2) is 8.66. The maximum absolute atomic E-state index is 14.0. The van der Waals surface area contributed by atoms with Crippen LogP contribution < -0.4 is 9.80 Å². The van der Waals surface area contributed by atoms with E-state index >= 15 is 0 Å². The van der Waals surface area contributed by atoms with Crippen molar-refractivity contribution in [3.8, 4) is 0 Å². The SMILES string of the molecule is CC(=O)N(CCC(=O)N1CCN(c2ccccc2)CC1)c1ccccc1F. The van der Waals surface area contributed by atoms with E-state index < -0.39 is 5.82 Å². The molecule has 3 rings (SSSR count). The maximum atomic E-state index is 14.0. The van der Waals surface area contributed by atoms with E-state index in [1.165, 1.54) is 17.9 Å². The first-order valence-corrected chi connectivity index (χ1v) is 9.16. The number of benzene rings is 2. The van der Waals surface area contributed by atoms with Crippen molar-refractivity contribution in [3.05, 3.63) is 60.4 Å². The van der Waals surface area contributed by atoms with E-state index in [4.69, 9.17) is 0 Å². The van der Waals surface area contributed by atoms with E-state index in [9.17, 15) is 14.0 Å². The average molecular weight is 369 g/mol. The van der Waals surface area contributed by atoms with E-state index in [-0.39, 0.29) is 30.5 Å². The van der Waals surface area contributed by atoms with Gasteiger partial charge in [0.15, 0.2) is 0 Å². The third-order valence-electron chi connectivity index (χ3n) is 4.83. The van der Waals surface area contributed by atoms with Gasteiger partial charge in [-0.2, -0.15) is 0 Å². The van der Waals surface area contributed by atoms with Gasteiger partial charge in [0.05, 0.1) is 5.69 Å². The lowest BCUT2D eigenvalue weighted by molar-refractivity contribution is -0.131. The summed E-state index contributed by atoms with van der Waals surface area (Å²) < 4.78 is 14.0. The molecule has 0 radical (unpaired) electrons. The lowest BCUT2D eigenvalue weighted by Crippen LogP contribution is -2.49. The highest BCUT2D eigenvalue weighted by atomic mass is 19.1. The topological polar surface area (TPSA) is 43.9 Å². The summed E-state index contributed by atoms with van der Waals surface area (Å²) in [6.45, 7) is 4.41. The molecule has 1 saturated heterocycles. The molecule has 2 amide bonds. The molecule has 0 saturated carbocycles. The molecule has 0 unspecified atom stereocenters. The molecule has 1 aliphatic heterocycles. The van der Waals surface area contributed by atoms with E-state index in [2.05, 4.69) is 17.0 Å². The van der Waals surface area contributed by atoms with Crippen LogP contribution in [-0.2, 0) is 9.59 Å². The number of nitrogens with zero attached hydrogens (tertiary/aromatic N) is 3. The number of anilines is 2. The molecule has 5 nitrogen and oxygen atoms in total. The number of carbonyl (C=O) groups excluding carboxylic acids is 2. The predicted molar refractivity (Wildman–Crippen MR) is 104 cm³/mol. The Bertz CT molecular complexity index is 789. The predicted octanol–water partition coefficient (Wildman–Crippen LogP) is 2.92. The minimum atomic E-state index is -0.461. The normalized spacial score (nSPS) is 14.1. The van der Waals surface area contributed by atoms with Crippen LogP contribution in [0, 0.1) is 5.82 Å². The van der Waals surface area contributed by atoms with Crippen LogP contribution in [-0.4, -0.2) is 49.4 Å². The Balaban J connectivity index is 1.55. The van der Waals surface area contributed by atoms with Crippen LogP contribution in [0.5, 0.6) is 0 Å². The van der Waals surface area contributed by atoms with Crippen molar-refractivity contribution in [1.29, 1.82) is 0 Å². The summed E-state index contributed by atoms with van der Waals surface area (Å²) in [6, 6.07) is 16.3. The van der Waals surface area contributed by atoms with Gasteiger partial charge in [0, 0.05) is 51.8 Å². The van der Waals surface area contributed by atoms with Crippen LogP contribution in [0.3, 0.4) is 0 Å². The summed E-state index contributed by atoms with van der Waals surface area (Å²) in [6.07, 6.45) is 0.180. The van der Waals surface area contributed by atoms with Gasteiger partial charge in [-0.25, -0.2) is 4.39 Å². The minimum absolute atomic E-state index is 0.00898. The highest BCUT2D eigenvalue weighted by Gasteiger charge is 2.23. The Morgan fingerprint density at radius 3 is 2.22 bits per heavy atom. The number of hydrogen-bond acceptors (Lipinski definition) is 3. The van der Waals surface area contributed by atoms with Crippen molar-refractivity contribution in [1.82, 2.24) is 4.90 Å². The number of hydrogen-bond donors (Lipinski definition) is 0. The molecule has 1 heterocycles. The van der Waals surface area contributed by atoms with Crippen molar-refractivity contribution in [2.24, 2.45) is 0 Å². The first kappa shape index (κ1) is 18.9. The van der Waals surface area contributed by atoms with Crippen LogP contribution >= 0.6 is 0 Å². The zero-order chi connectivity index (χ0) is 19.2. The Kier molecular flexibility index (Phi) is 6.06. The number of para-hydroxylation sites is 2. The lowest BCUT2D eigenvalue weighted by Gasteiger charge is -2.36. The van der Waals surface area contributed by atoms with Gasteiger partial charge in [0.25, 0.3) is 0 Å². The third kappa shape index (κ3) is 4.64. The van der Waals surface area contributed by atoms with Crippen molar-refractivity contribution < 1.29 is 14.0 Å². The largest absolute Gasteiger partial charge is 0.368 e. The van der Waals surface area contributed by atoms with Crippen LogP contribution in [0.25, 0.3) is 0 Å².